The van der Waals surface area contributed by atoms with E-state index in [1.165, 1.54) is 12.8 Å². The van der Waals surface area contributed by atoms with Gasteiger partial charge in [0.05, 0.1) is 29.2 Å². The highest BCUT2D eigenvalue weighted by Gasteiger charge is 2.28. The van der Waals surface area contributed by atoms with Gasteiger partial charge in [-0.05, 0) is 92.3 Å². The molecule has 0 radical (unpaired) electrons. The molecule has 0 atom stereocenters. The van der Waals surface area contributed by atoms with Gasteiger partial charge in [-0.1, -0.05) is 6.07 Å². The van der Waals surface area contributed by atoms with Crippen LogP contribution in [0.1, 0.15) is 24.0 Å². The molecule has 0 unspecified atom stereocenters. The Morgan fingerprint density at radius 2 is 1.77 bits per heavy atom. The second kappa shape index (κ2) is 14.0. The van der Waals surface area contributed by atoms with Crippen molar-refractivity contribution in [2.45, 2.75) is 32.7 Å². The molecule has 250 valence electrons. The third-order valence-electron chi connectivity index (χ3n) is 9.30. The van der Waals surface area contributed by atoms with E-state index in [1.54, 1.807) is 26.6 Å². The number of methoxy groups -OCH3 is 1. The number of halogens is 1. The van der Waals surface area contributed by atoms with Gasteiger partial charge in [0.25, 0.3) is 0 Å². The first-order valence-electron chi connectivity index (χ1n) is 16.1. The fraction of sp³-hybridized carbons (Fsp3) is 0.441. The monoisotopic (exact) mass is 721 g/mol. The standard InChI is InChI=1S/C34H45BrN9O2P/c1-22-7-8-28(32(23(22)2)47(5,6)45)39-33-27(35)20-37-34(41-33)40-29-17-26(24-19-38-42(3)21-24)30(18-31(29)46-4)44-15-13-43(14-16-44)25-9-11-36-12-10-25/h7-8,17-21,25,36H,9-16H2,1-6H3,(H2,37,39,40,41). The quantitative estimate of drug-likeness (QED) is 0.181. The van der Waals surface area contributed by atoms with E-state index in [9.17, 15) is 4.57 Å². The lowest BCUT2D eigenvalue weighted by Gasteiger charge is -2.42. The SMILES string of the molecule is COc1cc(N2CCN(C3CCNCC3)CC2)c(-c2cnn(C)c2)cc1Nc1ncc(Br)c(Nc2ccc(C)c(C)c2P(C)(C)=O)n1. The maximum atomic E-state index is 13.3. The van der Waals surface area contributed by atoms with Crippen molar-refractivity contribution in [3.63, 3.8) is 0 Å². The van der Waals surface area contributed by atoms with Gasteiger partial charge in [-0.25, -0.2) is 4.98 Å². The molecule has 2 aromatic carbocycles. The van der Waals surface area contributed by atoms with Crippen molar-refractivity contribution >= 4 is 57.2 Å². The van der Waals surface area contributed by atoms with Crippen LogP contribution in [0.4, 0.5) is 28.8 Å². The summed E-state index contributed by atoms with van der Waals surface area (Å²) in [5, 5.41) is 15.6. The maximum Gasteiger partial charge on any atom is 0.229 e. The fourth-order valence-electron chi connectivity index (χ4n) is 6.75. The summed E-state index contributed by atoms with van der Waals surface area (Å²) in [7, 11) is 1.04. The summed E-state index contributed by atoms with van der Waals surface area (Å²) in [4.78, 5) is 14.5. The van der Waals surface area contributed by atoms with Crippen LogP contribution in [0, 0.1) is 13.8 Å². The zero-order valence-corrected chi connectivity index (χ0v) is 30.6. The molecule has 6 rings (SSSR count). The second-order valence-corrected chi connectivity index (χ2v) is 16.9. The smallest absolute Gasteiger partial charge is 0.229 e. The molecule has 0 bridgehead atoms. The highest BCUT2D eigenvalue weighted by Crippen LogP contribution is 2.42. The van der Waals surface area contributed by atoms with Gasteiger partial charge in [-0.2, -0.15) is 10.1 Å². The third-order valence-corrected chi connectivity index (χ3v) is 11.5. The Kier molecular flexibility index (Phi) is 9.94. The van der Waals surface area contributed by atoms with Crippen LogP contribution in [0.2, 0.25) is 0 Å². The van der Waals surface area contributed by atoms with Gasteiger partial charge in [0.1, 0.15) is 18.7 Å². The van der Waals surface area contributed by atoms with Crippen molar-refractivity contribution in [3.8, 4) is 16.9 Å². The number of anilines is 5. The van der Waals surface area contributed by atoms with E-state index in [-0.39, 0.29) is 0 Å². The molecule has 3 N–H and O–H groups in total. The Balaban J connectivity index is 1.31. The highest BCUT2D eigenvalue weighted by atomic mass is 79.9. The fourth-order valence-corrected chi connectivity index (χ4v) is 8.73. The lowest BCUT2D eigenvalue weighted by molar-refractivity contribution is 0.153. The Morgan fingerprint density at radius 1 is 1.02 bits per heavy atom. The summed E-state index contributed by atoms with van der Waals surface area (Å²) in [6, 6.07) is 8.88. The highest BCUT2D eigenvalue weighted by molar-refractivity contribution is 9.10. The minimum Gasteiger partial charge on any atom is -0.494 e. The van der Waals surface area contributed by atoms with E-state index in [2.05, 4.69) is 63.9 Å². The predicted octanol–water partition coefficient (Wildman–Crippen LogP) is 5.87. The molecule has 13 heteroatoms. The molecule has 47 heavy (non-hydrogen) atoms. The Morgan fingerprint density at radius 3 is 2.43 bits per heavy atom. The van der Waals surface area contributed by atoms with Crippen molar-refractivity contribution in [1.82, 2.24) is 30.0 Å². The largest absolute Gasteiger partial charge is 0.494 e. The first kappa shape index (κ1) is 33.5. The number of nitrogens with zero attached hydrogens (tertiary/aromatic N) is 6. The molecule has 4 aromatic rings. The van der Waals surface area contributed by atoms with Gasteiger partial charge in [-0.3, -0.25) is 9.58 Å². The van der Waals surface area contributed by atoms with Crippen LogP contribution >= 0.6 is 23.1 Å². The van der Waals surface area contributed by atoms with Gasteiger partial charge >= 0.3 is 0 Å². The zero-order valence-electron chi connectivity index (χ0n) is 28.1. The van der Waals surface area contributed by atoms with Crippen LogP contribution in [0.3, 0.4) is 0 Å². The van der Waals surface area contributed by atoms with E-state index >= 15 is 0 Å². The van der Waals surface area contributed by atoms with Crippen LogP contribution in [0.25, 0.3) is 11.1 Å². The Labute approximate surface area is 286 Å². The van der Waals surface area contributed by atoms with Crippen molar-refractivity contribution in [3.05, 3.63) is 58.5 Å². The number of aromatic nitrogens is 4. The van der Waals surface area contributed by atoms with Gasteiger partial charge in [0, 0.05) is 79.8 Å². The average molecular weight is 723 g/mol. The summed E-state index contributed by atoms with van der Waals surface area (Å²) >= 11 is 3.61. The first-order chi connectivity index (χ1) is 22.5. The van der Waals surface area contributed by atoms with Gasteiger partial charge in [-0.15, -0.1) is 0 Å². The molecule has 2 saturated heterocycles. The number of nitrogens with one attached hydrogen (secondary N) is 3. The normalized spacial score (nSPS) is 16.4. The molecule has 0 spiro atoms. The van der Waals surface area contributed by atoms with Crippen LogP contribution in [0.5, 0.6) is 5.75 Å². The molecule has 0 saturated carbocycles. The topological polar surface area (TPSA) is 112 Å². The number of piperidine rings is 1. The summed E-state index contributed by atoms with van der Waals surface area (Å²) in [6.45, 7) is 13.8. The van der Waals surface area contributed by atoms with Gasteiger partial charge < -0.3 is 30.2 Å². The number of hydrogen-bond donors (Lipinski definition) is 3. The number of ether oxygens (including phenoxy) is 1. The zero-order chi connectivity index (χ0) is 33.3. The van der Waals surface area contributed by atoms with Crippen molar-refractivity contribution < 1.29 is 9.30 Å². The summed E-state index contributed by atoms with van der Waals surface area (Å²) in [6.07, 6.45) is 8.09. The average Bonchev–Trinajstić information content (AvgIpc) is 3.50. The van der Waals surface area contributed by atoms with Crippen LogP contribution < -0.4 is 30.9 Å². The van der Waals surface area contributed by atoms with Crippen LogP contribution in [0.15, 0.2) is 47.3 Å². The van der Waals surface area contributed by atoms with Crippen molar-refractivity contribution in [2.24, 2.45) is 7.05 Å². The van der Waals surface area contributed by atoms with E-state index in [1.807, 2.05) is 50.1 Å². The minimum atomic E-state index is -2.58. The number of piperazine rings is 1. The predicted molar refractivity (Wildman–Crippen MR) is 196 cm³/mol. The van der Waals surface area contributed by atoms with E-state index < -0.39 is 7.14 Å². The van der Waals surface area contributed by atoms with Crippen molar-refractivity contribution in [1.29, 1.82) is 0 Å². The summed E-state index contributed by atoms with van der Waals surface area (Å²) in [5.74, 6) is 1.66. The van der Waals surface area contributed by atoms with Crippen LogP contribution in [-0.4, -0.2) is 90.4 Å². The van der Waals surface area contributed by atoms with Gasteiger partial charge in [0.2, 0.25) is 5.95 Å². The Hall–Kier alpha value is -3.44. The van der Waals surface area contributed by atoms with Crippen LogP contribution in [-0.2, 0) is 11.6 Å². The molecular formula is C34H45BrN9O2P. The first-order valence-corrected chi connectivity index (χ1v) is 19.5. The molecule has 0 amide bonds. The van der Waals surface area contributed by atoms with E-state index in [0.29, 0.717) is 28.0 Å². The third kappa shape index (κ3) is 7.36. The lowest BCUT2D eigenvalue weighted by Crippen LogP contribution is -2.52. The minimum absolute atomic E-state index is 0.399. The number of hydrogen-bond acceptors (Lipinski definition) is 10. The molecule has 2 aliphatic rings. The van der Waals surface area contributed by atoms with E-state index in [0.717, 1.165) is 83.9 Å². The molecule has 11 nitrogen and oxygen atoms in total. The summed E-state index contributed by atoms with van der Waals surface area (Å²) in [5.41, 5.74) is 6.85. The molecule has 0 aliphatic carbocycles. The number of rotatable bonds is 9. The molecular weight excluding hydrogens is 677 g/mol. The Bertz CT molecular complexity index is 1790. The molecule has 2 fully saturated rings. The summed E-state index contributed by atoms with van der Waals surface area (Å²) < 4.78 is 21.8. The number of benzene rings is 2. The van der Waals surface area contributed by atoms with E-state index in [4.69, 9.17) is 9.72 Å². The lowest BCUT2D eigenvalue weighted by atomic mass is 10.0. The van der Waals surface area contributed by atoms with Gasteiger partial charge in [0.15, 0.2) is 0 Å². The molecule has 2 aromatic heterocycles. The molecule has 2 aliphatic heterocycles. The number of aryl methyl sites for hydroxylation is 2. The maximum absolute atomic E-state index is 13.3. The second-order valence-electron chi connectivity index (χ2n) is 12.9. The van der Waals surface area contributed by atoms with Crippen molar-refractivity contribution in [2.75, 3.05) is 75.2 Å². The molecule has 4 heterocycles.